The molecule has 1 aliphatic carbocycles. The predicted molar refractivity (Wildman–Crippen MR) is 127 cm³/mol. The molecule has 1 aliphatic heterocycles. The van der Waals surface area contributed by atoms with Crippen molar-refractivity contribution in [3.8, 4) is 5.75 Å². The first-order chi connectivity index (χ1) is 16.6. The summed E-state index contributed by atoms with van der Waals surface area (Å²) in [4.78, 5) is 50.0. The van der Waals surface area contributed by atoms with Gasteiger partial charge < -0.3 is 30.5 Å². The molecule has 10 heteroatoms. The van der Waals surface area contributed by atoms with Crippen LogP contribution in [-0.4, -0.2) is 66.2 Å². The van der Waals surface area contributed by atoms with Crippen LogP contribution in [0.5, 0.6) is 5.75 Å². The molecule has 1 saturated heterocycles. The fourth-order valence-corrected chi connectivity index (χ4v) is 4.04. The van der Waals surface area contributed by atoms with Gasteiger partial charge in [0.05, 0.1) is 19.8 Å². The van der Waals surface area contributed by atoms with Gasteiger partial charge in [-0.1, -0.05) is 23.8 Å². The van der Waals surface area contributed by atoms with Crippen molar-refractivity contribution in [2.45, 2.75) is 69.7 Å². The number of epoxide rings is 1. The number of ether oxygens (including phenoxy) is 2. The fourth-order valence-electron chi connectivity index (χ4n) is 4.04. The van der Waals surface area contributed by atoms with Crippen LogP contribution in [0.1, 0.15) is 45.1 Å². The van der Waals surface area contributed by atoms with E-state index in [4.69, 9.17) is 14.6 Å². The number of benzene rings is 1. The molecular weight excluding hydrogens is 454 g/mol. The number of carbonyl (C=O) groups is 4. The van der Waals surface area contributed by atoms with E-state index in [2.05, 4.69) is 22.0 Å². The second-order valence-corrected chi connectivity index (χ2v) is 9.19. The van der Waals surface area contributed by atoms with Gasteiger partial charge in [-0.2, -0.15) is 0 Å². The third-order valence-electron chi connectivity index (χ3n) is 6.30. The van der Waals surface area contributed by atoms with Gasteiger partial charge >= 0.3 is 6.09 Å². The third-order valence-corrected chi connectivity index (χ3v) is 6.30. The van der Waals surface area contributed by atoms with Crippen LogP contribution in [0, 0.1) is 0 Å². The van der Waals surface area contributed by atoms with E-state index in [0.717, 1.165) is 30.4 Å². The summed E-state index contributed by atoms with van der Waals surface area (Å²) in [5.74, 6) is -0.738. The van der Waals surface area contributed by atoms with Crippen LogP contribution in [-0.2, 0) is 25.5 Å². The molecule has 35 heavy (non-hydrogen) atoms. The molecule has 10 nitrogen and oxygen atoms in total. The molecule has 3 rings (SSSR count). The van der Waals surface area contributed by atoms with E-state index in [-0.39, 0.29) is 12.2 Å². The normalized spacial score (nSPS) is 21.2. The summed E-state index contributed by atoms with van der Waals surface area (Å²) < 4.78 is 10.5. The maximum absolute atomic E-state index is 13.4. The lowest BCUT2D eigenvalue weighted by Crippen LogP contribution is -2.56. The summed E-state index contributed by atoms with van der Waals surface area (Å²) >= 11 is 0. The number of carbonyl (C=O) groups excluding carboxylic acids is 3. The zero-order valence-electron chi connectivity index (χ0n) is 20.3. The summed E-state index contributed by atoms with van der Waals surface area (Å²) in [6.07, 6.45) is 4.12. The SMILES string of the molecule is COc1ccc(C[C@H](NC(=O)[C@H](C)NC(=O)O)C(=O)N[C@@H](CC2=CCCC2)C(=O)[C@@]2(C)CO2)cc1. The molecule has 190 valence electrons. The van der Waals surface area contributed by atoms with Crippen LogP contribution in [0.3, 0.4) is 0 Å². The first-order valence-corrected chi connectivity index (χ1v) is 11.7. The number of Topliss-reactive ketones (excluding diaryl/α,β-unsaturated/α-hetero) is 1. The highest BCUT2D eigenvalue weighted by Gasteiger charge is 2.50. The van der Waals surface area contributed by atoms with Gasteiger partial charge in [-0.3, -0.25) is 14.4 Å². The lowest BCUT2D eigenvalue weighted by atomic mass is 9.94. The molecule has 0 aromatic heterocycles. The molecule has 0 saturated carbocycles. The number of hydrogen-bond acceptors (Lipinski definition) is 6. The van der Waals surface area contributed by atoms with Crippen molar-refractivity contribution in [1.82, 2.24) is 16.0 Å². The van der Waals surface area contributed by atoms with Gasteiger partial charge in [-0.15, -0.1) is 0 Å². The number of carboxylic acid groups (broad SMARTS) is 1. The van der Waals surface area contributed by atoms with Crippen LogP contribution in [0.25, 0.3) is 0 Å². The number of allylic oxidation sites excluding steroid dienone is 1. The number of amides is 3. The Balaban J connectivity index is 1.78. The molecule has 3 amide bonds. The second-order valence-electron chi connectivity index (χ2n) is 9.19. The highest BCUT2D eigenvalue weighted by atomic mass is 16.6. The van der Waals surface area contributed by atoms with Gasteiger partial charge in [0.25, 0.3) is 0 Å². The fraction of sp³-hybridized carbons (Fsp3) is 0.520. The third kappa shape index (κ3) is 7.29. The van der Waals surface area contributed by atoms with Crippen molar-refractivity contribution in [1.29, 1.82) is 0 Å². The molecule has 0 bridgehead atoms. The Morgan fingerprint density at radius 1 is 1.06 bits per heavy atom. The Labute approximate surface area is 204 Å². The average molecular weight is 488 g/mol. The lowest BCUT2D eigenvalue weighted by molar-refractivity contribution is -0.133. The molecule has 0 radical (unpaired) electrons. The van der Waals surface area contributed by atoms with E-state index < -0.39 is 41.6 Å². The molecule has 2 aliphatic rings. The maximum Gasteiger partial charge on any atom is 0.405 e. The first-order valence-electron chi connectivity index (χ1n) is 11.7. The molecule has 1 fully saturated rings. The minimum Gasteiger partial charge on any atom is -0.497 e. The first kappa shape index (κ1) is 26.2. The number of ketones is 1. The summed E-state index contributed by atoms with van der Waals surface area (Å²) in [7, 11) is 1.54. The van der Waals surface area contributed by atoms with Crippen LogP contribution in [0.2, 0.25) is 0 Å². The van der Waals surface area contributed by atoms with Crippen molar-refractivity contribution in [2.75, 3.05) is 13.7 Å². The van der Waals surface area contributed by atoms with Crippen molar-refractivity contribution in [2.24, 2.45) is 0 Å². The van der Waals surface area contributed by atoms with E-state index in [0.29, 0.717) is 18.8 Å². The molecule has 4 N–H and O–H groups in total. The smallest absolute Gasteiger partial charge is 0.405 e. The van der Waals surface area contributed by atoms with E-state index in [1.807, 2.05) is 0 Å². The Bertz CT molecular complexity index is 985. The molecular formula is C25H33N3O7. The van der Waals surface area contributed by atoms with Crippen molar-refractivity contribution < 1.29 is 33.8 Å². The van der Waals surface area contributed by atoms with E-state index in [1.54, 1.807) is 38.3 Å². The number of nitrogens with one attached hydrogen (secondary N) is 3. The lowest BCUT2D eigenvalue weighted by Gasteiger charge is -2.25. The Hall–Kier alpha value is -3.40. The summed E-state index contributed by atoms with van der Waals surface area (Å²) in [5.41, 5.74) is 0.957. The Kier molecular flexibility index (Phi) is 8.50. The zero-order chi connectivity index (χ0) is 25.6. The number of methoxy groups -OCH3 is 1. The molecule has 0 spiro atoms. The zero-order valence-corrected chi connectivity index (χ0v) is 20.3. The monoisotopic (exact) mass is 487 g/mol. The summed E-state index contributed by atoms with van der Waals surface area (Å²) in [6, 6.07) is 4.14. The van der Waals surface area contributed by atoms with Gasteiger partial charge in [-0.05, 0) is 57.2 Å². The van der Waals surface area contributed by atoms with Crippen LogP contribution in [0.4, 0.5) is 4.79 Å². The largest absolute Gasteiger partial charge is 0.497 e. The molecule has 1 aromatic rings. The molecule has 1 heterocycles. The van der Waals surface area contributed by atoms with Crippen LogP contribution < -0.4 is 20.7 Å². The van der Waals surface area contributed by atoms with E-state index in [9.17, 15) is 19.2 Å². The van der Waals surface area contributed by atoms with Gasteiger partial charge in [-0.25, -0.2) is 4.79 Å². The van der Waals surface area contributed by atoms with E-state index >= 15 is 0 Å². The average Bonchev–Trinajstić information content (AvgIpc) is 3.36. The van der Waals surface area contributed by atoms with Crippen LogP contribution in [0.15, 0.2) is 35.9 Å². The quantitative estimate of drug-likeness (QED) is 0.259. The topological polar surface area (TPSA) is 146 Å². The highest BCUT2D eigenvalue weighted by molar-refractivity contribution is 5.98. The minimum absolute atomic E-state index is 0.138. The molecule has 4 atom stereocenters. The van der Waals surface area contributed by atoms with Gasteiger partial charge in [0.15, 0.2) is 5.78 Å². The van der Waals surface area contributed by atoms with E-state index in [1.165, 1.54) is 6.92 Å². The maximum atomic E-state index is 13.4. The second kappa shape index (κ2) is 11.4. The Morgan fingerprint density at radius 3 is 2.26 bits per heavy atom. The highest BCUT2D eigenvalue weighted by Crippen LogP contribution is 2.31. The summed E-state index contributed by atoms with van der Waals surface area (Å²) in [5, 5.41) is 16.5. The number of rotatable bonds is 12. The van der Waals surface area contributed by atoms with Crippen molar-refractivity contribution in [3.05, 3.63) is 41.5 Å². The Morgan fingerprint density at radius 2 is 1.71 bits per heavy atom. The van der Waals surface area contributed by atoms with Crippen molar-refractivity contribution in [3.63, 3.8) is 0 Å². The number of hydrogen-bond donors (Lipinski definition) is 4. The molecule has 1 aromatic carbocycles. The minimum atomic E-state index is -1.35. The van der Waals surface area contributed by atoms with Crippen molar-refractivity contribution >= 4 is 23.7 Å². The predicted octanol–water partition coefficient (Wildman–Crippen LogP) is 1.72. The van der Waals surface area contributed by atoms with Gasteiger partial charge in [0.2, 0.25) is 11.8 Å². The standard InChI is InChI=1S/C25H33N3O7/c1-15(26-24(32)33)22(30)28-20(13-17-8-10-18(34-3)11-9-17)23(31)27-19(12-16-6-4-5-7-16)21(29)25(2)14-35-25/h6,8-11,15,19-20,26H,4-5,7,12-14H2,1-3H3,(H,27,31)(H,28,30)(H,32,33)/t15-,19-,20-,25+/m0/s1. The summed E-state index contributed by atoms with van der Waals surface area (Å²) in [6.45, 7) is 3.39. The molecule has 0 unspecified atom stereocenters. The van der Waals surface area contributed by atoms with Crippen LogP contribution >= 0.6 is 0 Å². The van der Waals surface area contributed by atoms with Gasteiger partial charge in [0, 0.05) is 6.42 Å². The van der Waals surface area contributed by atoms with Gasteiger partial charge in [0.1, 0.15) is 23.4 Å².